The molecule has 0 aromatic heterocycles. The SMILES string of the molecule is CCC[CH2][Sn][CH2]CCC.[H-].[Na+]. The molecule has 0 N–H and O–H groups in total. The van der Waals surface area contributed by atoms with Crippen LogP contribution < -0.4 is 29.6 Å². The van der Waals surface area contributed by atoms with E-state index in [0.29, 0.717) is 0 Å². The van der Waals surface area contributed by atoms with Gasteiger partial charge in [-0.1, -0.05) is 0 Å². The van der Waals surface area contributed by atoms with Gasteiger partial charge in [-0.2, -0.15) is 0 Å². The molecule has 0 aromatic rings. The van der Waals surface area contributed by atoms with E-state index in [2.05, 4.69) is 13.8 Å². The largest absolute Gasteiger partial charge is 1.00 e. The molecule has 0 unspecified atom stereocenters. The number of unbranched alkanes of at least 4 members (excludes halogenated alkanes) is 2. The van der Waals surface area contributed by atoms with Gasteiger partial charge >= 0.3 is 99.1 Å². The minimum atomic E-state index is 0. The summed E-state index contributed by atoms with van der Waals surface area (Å²) in [5, 5.41) is 0. The van der Waals surface area contributed by atoms with Crippen LogP contribution >= 0.6 is 0 Å². The van der Waals surface area contributed by atoms with Crippen LogP contribution in [0.15, 0.2) is 0 Å². The Balaban J connectivity index is -0.000000320. The van der Waals surface area contributed by atoms with Crippen LogP contribution in [0.1, 0.15) is 41.0 Å². The predicted octanol–water partition coefficient (Wildman–Crippen LogP) is 0.244. The Kier molecular flexibility index (Phi) is 19.2. The summed E-state index contributed by atoms with van der Waals surface area (Å²) < 4.78 is 3.25. The van der Waals surface area contributed by atoms with Crippen molar-refractivity contribution >= 4 is 21.1 Å². The fourth-order valence-electron chi connectivity index (χ4n) is 0.729. The van der Waals surface area contributed by atoms with Crippen LogP contribution in [0.4, 0.5) is 0 Å². The van der Waals surface area contributed by atoms with E-state index in [1.807, 2.05) is 0 Å². The molecule has 0 aromatic carbocycles. The molecule has 0 aliphatic heterocycles. The average Bonchev–Trinajstić information content (AvgIpc) is 1.89. The third-order valence-electron chi connectivity index (χ3n) is 1.41. The molecule has 2 radical (unpaired) electrons. The molecule has 0 nitrogen and oxygen atoms in total. The van der Waals surface area contributed by atoms with Gasteiger partial charge in [-0.05, 0) is 0 Å². The second-order valence-electron chi connectivity index (χ2n) is 2.46. The summed E-state index contributed by atoms with van der Waals surface area (Å²) in [7, 11) is 0. The Morgan fingerprint density at radius 1 is 1.00 bits per heavy atom. The van der Waals surface area contributed by atoms with Crippen LogP contribution in [0.25, 0.3) is 0 Å². The van der Waals surface area contributed by atoms with Gasteiger partial charge in [0.05, 0.1) is 0 Å². The van der Waals surface area contributed by atoms with Crippen molar-refractivity contribution in [2.45, 2.75) is 48.4 Å². The van der Waals surface area contributed by atoms with Crippen molar-refractivity contribution < 1.29 is 31.0 Å². The van der Waals surface area contributed by atoms with Gasteiger partial charge in [0.15, 0.2) is 0 Å². The molecule has 0 saturated carbocycles. The maximum Gasteiger partial charge on any atom is 1.00 e. The minimum Gasteiger partial charge on any atom is -1.00 e. The molecule has 0 rings (SSSR count). The molecule has 0 atom stereocenters. The Morgan fingerprint density at radius 2 is 1.40 bits per heavy atom. The first kappa shape index (κ1) is 14.3. The topological polar surface area (TPSA) is 0 Å². The van der Waals surface area contributed by atoms with Crippen molar-refractivity contribution in [3.8, 4) is 0 Å². The zero-order valence-corrected chi connectivity index (χ0v) is 12.6. The number of rotatable bonds is 6. The molecule has 10 heavy (non-hydrogen) atoms. The second kappa shape index (κ2) is 13.4. The van der Waals surface area contributed by atoms with Gasteiger partial charge < -0.3 is 1.43 Å². The molecule has 0 aliphatic carbocycles. The first-order valence-electron chi connectivity index (χ1n) is 4.12. The summed E-state index contributed by atoms with van der Waals surface area (Å²) in [5.74, 6) is 0. The zero-order valence-electron chi connectivity index (χ0n) is 8.74. The van der Waals surface area contributed by atoms with E-state index in [1.54, 1.807) is 8.87 Å². The Hall–Kier alpha value is 1.80. The van der Waals surface area contributed by atoms with Crippen molar-refractivity contribution in [3.63, 3.8) is 0 Å². The van der Waals surface area contributed by atoms with Crippen LogP contribution in [0.5, 0.6) is 0 Å². The molecular weight excluding hydrogens is 238 g/mol. The standard InChI is InChI=1S/2C4H9.Na.Sn.H/c2*1-3-4-2;;;/h2*1,3-4H2,2H3;;;/q;;+1;;-1. The van der Waals surface area contributed by atoms with Crippen molar-refractivity contribution in [3.05, 3.63) is 0 Å². The maximum absolute atomic E-state index is 2.29. The van der Waals surface area contributed by atoms with E-state index < -0.39 is 0 Å². The summed E-state index contributed by atoms with van der Waals surface area (Å²) in [6.07, 6.45) is 5.84. The van der Waals surface area contributed by atoms with Gasteiger partial charge in [0.25, 0.3) is 0 Å². The first-order chi connectivity index (χ1) is 4.41. The number of hydrogen-bond acceptors (Lipinski definition) is 0. The summed E-state index contributed by atoms with van der Waals surface area (Å²) in [5.41, 5.74) is 0. The molecule has 0 heterocycles. The zero-order chi connectivity index (χ0) is 6.95. The normalized spacial score (nSPS) is 9.00. The third-order valence-corrected chi connectivity index (χ3v) is 5.45. The van der Waals surface area contributed by atoms with Crippen molar-refractivity contribution in [2.75, 3.05) is 0 Å². The maximum atomic E-state index is 2.29. The molecule has 0 spiro atoms. The smallest absolute Gasteiger partial charge is 1.00 e. The Morgan fingerprint density at radius 3 is 1.70 bits per heavy atom. The van der Waals surface area contributed by atoms with Gasteiger partial charge in [0.1, 0.15) is 0 Å². The molecule has 0 fully saturated rings. The van der Waals surface area contributed by atoms with E-state index in [0.717, 1.165) is 0 Å². The van der Waals surface area contributed by atoms with E-state index in [9.17, 15) is 0 Å². The van der Waals surface area contributed by atoms with Gasteiger partial charge in [0.2, 0.25) is 0 Å². The van der Waals surface area contributed by atoms with Crippen LogP contribution in [-0.4, -0.2) is 21.1 Å². The summed E-state index contributed by atoms with van der Waals surface area (Å²) >= 11 is 0.149. The molecule has 56 valence electrons. The molecule has 0 aliphatic rings. The van der Waals surface area contributed by atoms with Gasteiger partial charge in [0, 0.05) is 0 Å². The molecule has 2 heteroatoms. The van der Waals surface area contributed by atoms with Crippen molar-refractivity contribution in [1.29, 1.82) is 0 Å². The van der Waals surface area contributed by atoms with Crippen LogP contribution in [-0.2, 0) is 0 Å². The Labute approximate surface area is 99.5 Å². The van der Waals surface area contributed by atoms with Gasteiger partial charge in [-0.15, -0.1) is 0 Å². The van der Waals surface area contributed by atoms with E-state index in [1.165, 1.54) is 25.7 Å². The van der Waals surface area contributed by atoms with Gasteiger partial charge in [-0.25, -0.2) is 0 Å². The molecule has 0 saturated heterocycles. The fraction of sp³-hybridized carbons (Fsp3) is 1.00. The third kappa shape index (κ3) is 12.5. The van der Waals surface area contributed by atoms with Crippen LogP contribution in [0, 0.1) is 0 Å². The minimum absolute atomic E-state index is 0. The number of hydrogen-bond donors (Lipinski definition) is 0. The quantitative estimate of drug-likeness (QED) is 0.472. The van der Waals surface area contributed by atoms with E-state index >= 15 is 0 Å². The van der Waals surface area contributed by atoms with Crippen LogP contribution in [0.2, 0.25) is 8.87 Å². The molecule has 0 amide bonds. The van der Waals surface area contributed by atoms with E-state index in [4.69, 9.17) is 0 Å². The summed E-state index contributed by atoms with van der Waals surface area (Å²) in [4.78, 5) is 0. The van der Waals surface area contributed by atoms with Crippen molar-refractivity contribution in [1.82, 2.24) is 0 Å². The Bertz CT molecular complexity index is 47.4. The van der Waals surface area contributed by atoms with Crippen LogP contribution in [0.3, 0.4) is 0 Å². The van der Waals surface area contributed by atoms with E-state index in [-0.39, 0.29) is 52.1 Å². The summed E-state index contributed by atoms with van der Waals surface area (Å²) in [6, 6.07) is 0. The summed E-state index contributed by atoms with van der Waals surface area (Å²) in [6.45, 7) is 4.58. The van der Waals surface area contributed by atoms with Crippen molar-refractivity contribution in [2.24, 2.45) is 0 Å². The second-order valence-corrected chi connectivity index (χ2v) is 6.74. The first-order valence-corrected chi connectivity index (χ1v) is 8.16. The fourth-order valence-corrected chi connectivity index (χ4v) is 4.89. The average molecular weight is 257 g/mol. The molecule has 0 bridgehead atoms. The monoisotopic (exact) mass is 258 g/mol. The van der Waals surface area contributed by atoms with Gasteiger partial charge in [-0.3, -0.25) is 0 Å². The predicted molar refractivity (Wildman–Crippen MR) is 46.3 cm³/mol. The molecular formula is C8H19NaSn.